The zero-order valence-corrected chi connectivity index (χ0v) is 19.0. The minimum atomic E-state index is -0.405. The fourth-order valence-corrected chi connectivity index (χ4v) is 4.63. The molecule has 1 saturated heterocycles. The van der Waals surface area contributed by atoms with Crippen molar-refractivity contribution in [2.75, 3.05) is 13.1 Å². The molecule has 3 heterocycles. The topological polar surface area (TPSA) is 58.1 Å². The number of likely N-dealkylation sites (tertiary alicyclic amines) is 1. The molecule has 32 heavy (non-hydrogen) atoms. The van der Waals surface area contributed by atoms with Gasteiger partial charge in [0.2, 0.25) is 5.91 Å². The molecule has 4 rings (SSSR count). The number of pyridine rings is 2. The van der Waals surface area contributed by atoms with Crippen molar-refractivity contribution in [3.63, 3.8) is 0 Å². The van der Waals surface area contributed by atoms with Crippen LogP contribution in [0.5, 0.6) is 0 Å². The molecule has 3 aromatic rings. The highest BCUT2D eigenvalue weighted by Crippen LogP contribution is 2.38. The van der Waals surface area contributed by atoms with Gasteiger partial charge in [0.05, 0.1) is 5.41 Å². The fourth-order valence-electron chi connectivity index (χ4n) is 4.63. The van der Waals surface area contributed by atoms with Gasteiger partial charge in [-0.25, -0.2) is 0 Å². The molecule has 1 aliphatic rings. The molecule has 2 aromatic heterocycles. The summed E-state index contributed by atoms with van der Waals surface area (Å²) in [6.45, 7) is 6.78. The van der Waals surface area contributed by atoms with Gasteiger partial charge in [0.15, 0.2) is 0 Å². The SMILES string of the molecule is CC(C)NC(=O)C1(Cc2ccccc2-c2cccnc2)CCN(Cc2ccncc2)CC1. The van der Waals surface area contributed by atoms with Gasteiger partial charge in [-0.15, -0.1) is 0 Å². The number of piperidine rings is 1. The average Bonchev–Trinajstić information content (AvgIpc) is 2.81. The van der Waals surface area contributed by atoms with Crippen molar-refractivity contribution < 1.29 is 4.79 Å². The van der Waals surface area contributed by atoms with Crippen LogP contribution in [0, 0.1) is 5.41 Å². The van der Waals surface area contributed by atoms with Crippen LogP contribution in [-0.4, -0.2) is 39.9 Å². The summed E-state index contributed by atoms with van der Waals surface area (Å²) in [5, 5.41) is 3.22. The number of carbonyl (C=O) groups excluding carboxylic acids is 1. The molecule has 0 saturated carbocycles. The summed E-state index contributed by atoms with van der Waals surface area (Å²) in [6, 6.07) is 16.7. The van der Waals surface area contributed by atoms with Crippen molar-refractivity contribution in [2.24, 2.45) is 5.41 Å². The van der Waals surface area contributed by atoms with Crippen LogP contribution in [0.15, 0.2) is 73.3 Å². The second-order valence-corrected chi connectivity index (χ2v) is 9.12. The zero-order valence-electron chi connectivity index (χ0n) is 19.0. The van der Waals surface area contributed by atoms with E-state index in [0.29, 0.717) is 0 Å². The third-order valence-electron chi connectivity index (χ3n) is 6.39. The van der Waals surface area contributed by atoms with Gasteiger partial charge >= 0.3 is 0 Å². The summed E-state index contributed by atoms with van der Waals surface area (Å²) in [4.78, 5) is 24.4. The van der Waals surface area contributed by atoms with E-state index in [1.807, 2.05) is 38.5 Å². The first-order valence-corrected chi connectivity index (χ1v) is 11.5. The van der Waals surface area contributed by atoms with Gasteiger partial charge in [0.1, 0.15) is 0 Å². The van der Waals surface area contributed by atoms with Crippen molar-refractivity contribution in [1.29, 1.82) is 0 Å². The predicted octanol–water partition coefficient (Wildman–Crippen LogP) is 4.49. The van der Waals surface area contributed by atoms with Crippen molar-refractivity contribution in [1.82, 2.24) is 20.2 Å². The van der Waals surface area contributed by atoms with Crippen LogP contribution in [0.2, 0.25) is 0 Å². The number of carbonyl (C=O) groups is 1. The van der Waals surface area contributed by atoms with E-state index >= 15 is 0 Å². The maximum absolute atomic E-state index is 13.5. The van der Waals surface area contributed by atoms with Crippen molar-refractivity contribution in [3.8, 4) is 11.1 Å². The molecule has 1 N–H and O–H groups in total. The molecule has 0 radical (unpaired) electrons. The molecular formula is C27H32N4O. The molecule has 1 aliphatic heterocycles. The normalized spacial score (nSPS) is 16.1. The van der Waals surface area contributed by atoms with Crippen LogP contribution in [0.25, 0.3) is 11.1 Å². The molecule has 0 atom stereocenters. The molecule has 0 spiro atoms. The highest BCUT2D eigenvalue weighted by Gasteiger charge is 2.42. The van der Waals surface area contributed by atoms with E-state index < -0.39 is 5.41 Å². The van der Waals surface area contributed by atoms with Gasteiger partial charge in [-0.05, 0) is 81.1 Å². The second kappa shape index (κ2) is 10.0. The first-order valence-electron chi connectivity index (χ1n) is 11.5. The highest BCUT2D eigenvalue weighted by atomic mass is 16.2. The number of aromatic nitrogens is 2. The zero-order chi connectivity index (χ0) is 22.4. The van der Waals surface area contributed by atoms with Gasteiger partial charge in [0, 0.05) is 42.9 Å². The van der Waals surface area contributed by atoms with Crippen molar-refractivity contribution >= 4 is 5.91 Å². The second-order valence-electron chi connectivity index (χ2n) is 9.12. The number of hydrogen-bond donors (Lipinski definition) is 1. The standard InChI is InChI=1S/C27H32N4O/c1-21(2)30-26(32)27(11-16-31(17-12-27)20-22-9-14-28-15-10-22)18-23-6-3-4-8-25(23)24-7-5-13-29-19-24/h3-10,13-15,19,21H,11-12,16-18,20H2,1-2H3,(H,30,32). The largest absolute Gasteiger partial charge is 0.353 e. The average molecular weight is 429 g/mol. The third kappa shape index (κ3) is 5.22. The minimum Gasteiger partial charge on any atom is -0.353 e. The molecule has 1 amide bonds. The molecular weight excluding hydrogens is 396 g/mol. The van der Waals surface area contributed by atoms with Crippen molar-refractivity contribution in [2.45, 2.75) is 45.7 Å². The van der Waals surface area contributed by atoms with E-state index in [0.717, 1.165) is 50.0 Å². The summed E-state index contributed by atoms with van der Waals surface area (Å²) in [6.07, 6.45) is 9.80. The Morgan fingerprint density at radius 2 is 1.75 bits per heavy atom. The van der Waals surface area contributed by atoms with E-state index in [9.17, 15) is 4.79 Å². The summed E-state index contributed by atoms with van der Waals surface area (Å²) >= 11 is 0. The van der Waals surface area contributed by atoms with E-state index in [-0.39, 0.29) is 11.9 Å². The maximum Gasteiger partial charge on any atom is 0.226 e. The third-order valence-corrected chi connectivity index (χ3v) is 6.39. The molecule has 0 bridgehead atoms. The van der Waals surface area contributed by atoms with E-state index in [2.05, 4.69) is 62.6 Å². The van der Waals surface area contributed by atoms with Crippen LogP contribution >= 0.6 is 0 Å². The van der Waals surface area contributed by atoms with Crippen LogP contribution in [0.4, 0.5) is 0 Å². The molecule has 1 aromatic carbocycles. The number of rotatable bonds is 7. The Balaban J connectivity index is 1.57. The summed E-state index contributed by atoms with van der Waals surface area (Å²) in [5.41, 5.74) is 4.33. The monoisotopic (exact) mass is 428 g/mol. The Morgan fingerprint density at radius 3 is 2.44 bits per heavy atom. The Morgan fingerprint density at radius 1 is 1.00 bits per heavy atom. The Bertz CT molecular complexity index is 1010. The van der Waals surface area contributed by atoms with Gasteiger partial charge in [-0.2, -0.15) is 0 Å². The number of hydrogen-bond acceptors (Lipinski definition) is 4. The number of nitrogens with zero attached hydrogens (tertiary/aromatic N) is 3. The summed E-state index contributed by atoms with van der Waals surface area (Å²) in [7, 11) is 0. The first-order chi connectivity index (χ1) is 15.6. The number of amides is 1. The summed E-state index contributed by atoms with van der Waals surface area (Å²) in [5.74, 6) is 0.178. The summed E-state index contributed by atoms with van der Waals surface area (Å²) < 4.78 is 0. The van der Waals surface area contributed by atoms with Crippen LogP contribution in [0.3, 0.4) is 0 Å². The smallest absolute Gasteiger partial charge is 0.226 e. The molecule has 5 heteroatoms. The minimum absolute atomic E-state index is 0.128. The lowest BCUT2D eigenvalue weighted by molar-refractivity contribution is -0.134. The van der Waals surface area contributed by atoms with Crippen LogP contribution < -0.4 is 5.32 Å². The lowest BCUT2D eigenvalue weighted by Gasteiger charge is -2.41. The number of nitrogens with one attached hydrogen (secondary N) is 1. The van der Waals surface area contributed by atoms with E-state index in [4.69, 9.17) is 0 Å². The molecule has 0 unspecified atom stereocenters. The Kier molecular flexibility index (Phi) is 6.96. The van der Waals surface area contributed by atoms with E-state index in [1.165, 1.54) is 11.1 Å². The lowest BCUT2D eigenvalue weighted by Crippen LogP contribution is -2.51. The Hall–Kier alpha value is -3.05. The van der Waals surface area contributed by atoms with Gasteiger partial charge < -0.3 is 5.32 Å². The molecule has 166 valence electrons. The lowest BCUT2D eigenvalue weighted by atomic mass is 9.72. The quantitative estimate of drug-likeness (QED) is 0.602. The van der Waals surface area contributed by atoms with Gasteiger partial charge in [-0.1, -0.05) is 30.3 Å². The van der Waals surface area contributed by atoms with Crippen LogP contribution in [0.1, 0.15) is 37.8 Å². The van der Waals surface area contributed by atoms with E-state index in [1.54, 1.807) is 6.20 Å². The van der Waals surface area contributed by atoms with Gasteiger partial charge in [0.25, 0.3) is 0 Å². The maximum atomic E-state index is 13.5. The molecule has 1 fully saturated rings. The predicted molar refractivity (Wildman–Crippen MR) is 128 cm³/mol. The molecule has 0 aliphatic carbocycles. The molecule has 5 nitrogen and oxygen atoms in total. The first kappa shape index (κ1) is 22.2. The van der Waals surface area contributed by atoms with Gasteiger partial charge in [-0.3, -0.25) is 19.7 Å². The number of benzene rings is 1. The fraction of sp³-hybridized carbons (Fsp3) is 0.370. The Labute approximate surface area is 190 Å². The van der Waals surface area contributed by atoms with Crippen LogP contribution in [-0.2, 0) is 17.8 Å². The van der Waals surface area contributed by atoms with Crippen molar-refractivity contribution in [3.05, 3.63) is 84.4 Å². The highest BCUT2D eigenvalue weighted by molar-refractivity contribution is 5.84.